The number of nitrogens with zero attached hydrogens (tertiary/aromatic N) is 4. The number of aromatic amines is 1. The van der Waals surface area contributed by atoms with E-state index in [0.717, 1.165) is 0 Å². The Morgan fingerprint density at radius 1 is 0.984 bits per heavy atom. The van der Waals surface area contributed by atoms with Crippen molar-refractivity contribution < 1.29 is 33.0 Å². The van der Waals surface area contributed by atoms with Crippen molar-refractivity contribution in [2.75, 3.05) is 66.1 Å². The summed E-state index contributed by atoms with van der Waals surface area (Å²) in [6.45, 7) is 23.2. The number of nitrogens with one attached hydrogen (secondary N) is 4. The molecule has 4 N–H and O–H groups in total. The molecule has 335 valence electrons. The average molecular weight is 915 g/mol. The second-order valence-electron chi connectivity index (χ2n) is 13.6. The van der Waals surface area contributed by atoms with Crippen molar-refractivity contribution in [3.05, 3.63) is 113 Å². The summed E-state index contributed by atoms with van der Waals surface area (Å²) in [5.41, 5.74) is 1.45. The second-order valence-corrected chi connectivity index (χ2v) is 13.6. The predicted octanol–water partition coefficient (Wildman–Crippen LogP) is 3.90. The Labute approximate surface area is 369 Å². The van der Waals surface area contributed by atoms with E-state index < -0.39 is 11.7 Å². The number of ether oxygens (including phenoxy) is 2. The Kier molecular flexibility index (Phi) is 27.8. The third kappa shape index (κ3) is 19.6. The molecule has 0 spiro atoms. The SMILES string of the molecule is C=CC.C=CN=C(C(=O)NCCOCCNCC(=O)N1CCN(C(=O)c2cc(Cc3n[nH]c(=O)c4ccccc34)ccc2F)CC1)/C(=C\C)NC.CC.CC(C)(C)OC=O.[SeH]. The van der Waals surface area contributed by atoms with E-state index >= 15 is 0 Å². The first-order valence-corrected chi connectivity index (χ1v) is 19.8. The molecule has 2 heterocycles. The number of carbonyl (C=O) groups is 4. The summed E-state index contributed by atoms with van der Waals surface area (Å²) >= 11 is 0. The molecule has 2 aromatic carbocycles. The molecule has 4 rings (SSSR count). The summed E-state index contributed by atoms with van der Waals surface area (Å²) in [5, 5.41) is 16.6. The molecular formula is C44H64FN8O7Se. The summed E-state index contributed by atoms with van der Waals surface area (Å²) in [4.78, 5) is 67.4. The minimum atomic E-state index is -0.627. The van der Waals surface area contributed by atoms with Gasteiger partial charge in [0.25, 0.3) is 23.8 Å². The topological polar surface area (TPSA) is 187 Å². The van der Waals surface area contributed by atoms with E-state index in [1.54, 1.807) is 60.2 Å². The van der Waals surface area contributed by atoms with Gasteiger partial charge in [0.15, 0.2) is 5.71 Å². The third-order valence-electron chi connectivity index (χ3n) is 8.21. The number of fused-ring (bicyclic) bond motifs is 1. The molecule has 1 radical (unpaired) electrons. The Balaban J connectivity index is 0.00000245. The molecule has 1 aromatic heterocycles. The van der Waals surface area contributed by atoms with Crippen molar-refractivity contribution in [3.63, 3.8) is 0 Å². The predicted molar refractivity (Wildman–Crippen MR) is 242 cm³/mol. The van der Waals surface area contributed by atoms with Crippen LogP contribution in [-0.2, 0) is 30.3 Å². The molecule has 1 fully saturated rings. The van der Waals surface area contributed by atoms with Gasteiger partial charge in [-0.3, -0.25) is 24.0 Å². The van der Waals surface area contributed by atoms with E-state index in [2.05, 4.69) is 49.0 Å². The first kappa shape index (κ1) is 55.5. The quantitative estimate of drug-likeness (QED) is 0.0540. The molecule has 0 aliphatic carbocycles. The van der Waals surface area contributed by atoms with Crippen LogP contribution in [0.1, 0.15) is 70.1 Å². The van der Waals surface area contributed by atoms with Crippen LogP contribution in [0.2, 0.25) is 0 Å². The molecular weight excluding hydrogens is 850 g/mol. The van der Waals surface area contributed by atoms with E-state index in [0.29, 0.717) is 66.9 Å². The van der Waals surface area contributed by atoms with Crippen LogP contribution in [0, 0.1) is 5.82 Å². The number of hydrogen-bond acceptors (Lipinski definition) is 11. The van der Waals surface area contributed by atoms with Crippen molar-refractivity contribution in [1.82, 2.24) is 35.9 Å². The maximum atomic E-state index is 14.8. The zero-order valence-corrected chi connectivity index (χ0v) is 38.7. The van der Waals surface area contributed by atoms with E-state index in [9.17, 15) is 28.4 Å². The van der Waals surface area contributed by atoms with Crippen LogP contribution in [0.3, 0.4) is 0 Å². The summed E-state index contributed by atoms with van der Waals surface area (Å²) < 4.78 is 24.9. The Morgan fingerprint density at radius 3 is 2.15 bits per heavy atom. The van der Waals surface area contributed by atoms with Crippen molar-refractivity contribution in [2.24, 2.45) is 4.99 Å². The van der Waals surface area contributed by atoms with Gasteiger partial charge in [0.1, 0.15) is 11.4 Å². The van der Waals surface area contributed by atoms with Gasteiger partial charge in [-0.2, -0.15) is 5.10 Å². The zero-order valence-electron chi connectivity index (χ0n) is 36.8. The standard InChI is InChI=1S/C34H41FN8O5.C5H10O2.C3H6.C2H6.HSe/c1-4-28(36-3)31(38-5-2)33(46)39-13-19-48-18-12-37-22-30(44)42-14-16-43(17-15-42)34(47)26-20-23(10-11-27(26)35)21-29-24-8-6-7-9-25(24)32(45)41-40-29;1-5(2,3)7-4-6;1-3-2;1-2;/h4-11,20,36-37H,2,12-19,21-22H2,1,3H3,(H,39,46)(H,41,45);4H,1-3H3;3H,1H2,2H3;1-2H3;1H/b28-4+,38-31?;;;;. The molecule has 0 unspecified atom stereocenters. The summed E-state index contributed by atoms with van der Waals surface area (Å²) in [6.07, 6.45) is 5.10. The molecule has 61 heavy (non-hydrogen) atoms. The Bertz CT molecular complexity index is 1970. The molecule has 0 atom stereocenters. The van der Waals surface area contributed by atoms with Crippen LogP contribution in [0.4, 0.5) is 4.39 Å². The molecule has 17 heteroatoms. The van der Waals surface area contributed by atoms with Gasteiger partial charge in [-0.25, -0.2) is 14.5 Å². The van der Waals surface area contributed by atoms with Crippen LogP contribution in [0.15, 0.2) is 89.5 Å². The molecule has 0 saturated carbocycles. The van der Waals surface area contributed by atoms with Crippen molar-refractivity contribution in [1.29, 1.82) is 0 Å². The number of aliphatic imine (C=N–C) groups is 1. The minimum absolute atomic E-state index is 0. The van der Waals surface area contributed by atoms with E-state index in [1.807, 2.05) is 47.6 Å². The second kappa shape index (κ2) is 30.5. The average Bonchev–Trinajstić information content (AvgIpc) is 3.24. The fourth-order valence-electron chi connectivity index (χ4n) is 5.43. The number of carbonyl (C=O) groups excluding carboxylic acids is 4. The Hall–Kier alpha value is -5.48. The van der Waals surface area contributed by atoms with Gasteiger partial charge in [0.05, 0.1) is 42.1 Å². The number of amides is 3. The first-order chi connectivity index (χ1) is 28.7. The van der Waals surface area contributed by atoms with Gasteiger partial charge in [-0.15, -0.1) is 6.58 Å². The number of allylic oxidation sites excluding steroid dienone is 2. The van der Waals surface area contributed by atoms with Crippen molar-refractivity contribution >= 4 is 57.7 Å². The van der Waals surface area contributed by atoms with Gasteiger partial charge in [0.2, 0.25) is 5.91 Å². The van der Waals surface area contributed by atoms with Gasteiger partial charge in [0, 0.05) is 64.3 Å². The zero-order chi connectivity index (χ0) is 45.1. The van der Waals surface area contributed by atoms with Gasteiger partial charge in [-0.05, 0) is 58.4 Å². The summed E-state index contributed by atoms with van der Waals surface area (Å²) in [7, 11) is 1.70. The number of benzene rings is 2. The third-order valence-corrected chi connectivity index (χ3v) is 8.21. The maximum absolute atomic E-state index is 14.8. The number of halogens is 1. The molecule has 0 bridgehead atoms. The van der Waals surface area contributed by atoms with Gasteiger partial charge < -0.3 is 35.2 Å². The van der Waals surface area contributed by atoms with Crippen LogP contribution in [0.25, 0.3) is 10.8 Å². The Morgan fingerprint density at radius 2 is 1.59 bits per heavy atom. The van der Waals surface area contributed by atoms with Crippen LogP contribution in [0.5, 0.6) is 0 Å². The first-order valence-electron chi connectivity index (χ1n) is 19.8. The summed E-state index contributed by atoms with van der Waals surface area (Å²) in [5.74, 6) is -1.53. The van der Waals surface area contributed by atoms with E-state index in [4.69, 9.17) is 4.74 Å². The molecule has 3 amide bonds. The number of rotatable bonds is 16. The van der Waals surface area contributed by atoms with Crippen LogP contribution >= 0.6 is 0 Å². The van der Waals surface area contributed by atoms with Crippen LogP contribution < -0.4 is 21.5 Å². The number of hydrogen-bond donors (Lipinski definition) is 4. The fraction of sp³-hybridized carbons (Fsp3) is 0.432. The van der Waals surface area contributed by atoms with Crippen molar-refractivity contribution in [3.8, 4) is 0 Å². The molecule has 15 nitrogen and oxygen atoms in total. The summed E-state index contributed by atoms with van der Waals surface area (Å²) in [6, 6.07) is 11.5. The number of H-pyrrole nitrogens is 1. The monoisotopic (exact) mass is 915 g/mol. The molecule has 1 aliphatic rings. The molecule has 1 saturated heterocycles. The van der Waals surface area contributed by atoms with Crippen LogP contribution in [-0.4, -0.2) is 139 Å². The number of aromatic nitrogens is 2. The van der Waals surface area contributed by atoms with E-state index in [-0.39, 0.29) is 84.1 Å². The van der Waals surface area contributed by atoms with Gasteiger partial charge in [-0.1, -0.05) is 56.8 Å². The van der Waals surface area contributed by atoms with Gasteiger partial charge >= 0.3 is 17.1 Å². The van der Waals surface area contributed by atoms with Crippen molar-refractivity contribution in [2.45, 2.75) is 60.5 Å². The number of piperazine rings is 1. The molecule has 3 aromatic rings. The van der Waals surface area contributed by atoms with E-state index in [1.165, 1.54) is 18.3 Å². The molecule has 1 aliphatic heterocycles. The normalized spacial score (nSPS) is 12.4. The fourth-order valence-corrected chi connectivity index (χ4v) is 5.43.